The van der Waals surface area contributed by atoms with Gasteiger partial charge in [0.25, 0.3) is 0 Å². The van der Waals surface area contributed by atoms with Gasteiger partial charge in [-0.25, -0.2) is 4.18 Å². The van der Waals surface area contributed by atoms with E-state index in [-0.39, 0.29) is 19.6 Å². The first-order chi connectivity index (χ1) is 29.1. The summed E-state index contributed by atoms with van der Waals surface area (Å²) in [6.45, 7) is 3.66. The molecule has 0 bridgehead atoms. The molecule has 6 atom stereocenters. The van der Waals surface area contributed by atoms with Crippen molar-refractivity contribution in [3.8, 4) is 0 Å². The second-order valence-electron chi connectivity index (χ2n) is 15.6. The highest BCUT2D eigenvalue weighted by atomic mass is 32.3. The highest BCUT2D eigenvalue weighted by Gasteiger charge is 2.48. The molecule has 4 N–H and O–H groups in total. The second kappa shape index (κ2) is 38.5. The summed E-state index contributed by atoms with van der Waals surface area (Å²) in [5, 5.41) is 30.7. The summed E-state index contributed by atoms with van der Waals surface area (Å²) in [4.78, 5) is 12.8. The molecule has 0 spiro atoms. The average Bonchev–Trinajstić information content (AvgIpc) is 3.22. The molecular weight excluding hydrogens is 789 g/mol. The summed E-state index contributed by atoms with van der Waals surface area (Å²) in [6.07, 6.45) is 38.5. The predicted octanol–water partition coefficient (Wildman–Crippen LogP) is 9.74. The van der Waals surface area contributed by atoms with Crippen molar-refractivity contribution in [1.29, 1.82) is 0 Å². The zero-order chi connectivity index (χ0) is 43.9. The quantitative estimate of drug-likeness (QED) is 0.0199. The number of carbonyl (C=O) groups excluding carboxylic acids is 1. The zero-order valence-corrected chi connectivity index (χ0v) is 37.8. The van der Waals surface area contributed by atoms with E-state index in [0.29, 0.717) is 19.4 Å². The molecular formula is C47H82O12S. The first kappa shape index (κ1) is 55.8. The molecule has 1 fully saturated rings. The van der Waals surface area contributed by atoms with E-state index in [9.17, 15) is 28.5 Å². The Balaban J connectivity index is 2.47. The van der Waals surface area contributed by atoms with E-state index >= 15 is 0 Å². The molecule has 1 aliphatic rings. The van der Waals surface area contributed by atoms with Crippen molar-refractivity contribution in [2.75, 3.05) is 26.4 Å². The Labute approximate surface area is 363 Å². The van der Waals surface area contributed by atoms with Crippen molar-refractivity contribution in [3.05, 3.63) is 60.8 Å². The predicted molar refractivity (Wildman–Crippen MR) is 239 cm³/mol. The normalized spacial score (nSPS) is 20.8. The van der Waals surface area contributed by atoms with Crippen molar-refractivity contribution in [1.82, 2.24) is 0 Å². The van der Waals surface area contributed by atoms with Crippen LogP contribution in [0.5, 0.6) is 0 Å². The van der Waals surface area contributed by atoms with Crippen LogP contribution >= 0.6 is 0 Å². The topological polar surface area (TPSA) is 178 Å². The highest BCUT2D eigenvalue weighted by molar-refractivity contribution is 7.80. The van der Waals surface area contributed by atoms with E-state index in [1.165, 1.54) is 83.5 Å². The molecule has 0 aromatic rings. The molecule has 0 radical (unpaired) electrons. The minimum Gasteiger partial charge on any atom is -0.457 e. The van der Waals surface area contributed by atoms with Crippen LogP contribution in [0.2, 0.25) is 0 Å². The standard InChI is InChI=1S/C47H82O12S/c1-3-5-7-9-11-13-15-17-19-21-22-24-26-28-30-32-34-36-43(49)57-41(40-56-47-45(51)46(59-60(52,53)54)44(50)42(38-48)58-47)39-55-37-35-33-31-29-27-25-23-20-18-16-14-12-10-8-6-4-2/h6,8,12,14,18,20,25,27,31,33,41-42,44-48,50-51H,3-5,7,9-11,13,15-17,19,21-24,26,28-30,32,34-40H2,1-2H3,(H,52,53,54)/b8-6-,14-12-,20-18-,27-25-,33-31-. The van der Waals surface area contributed by atoms with Crippen LogP contribution in [0.15, 0.2) is 60.8 Å². The van der Waals surface area contributed by atoms with E-state index in [4.69, 9.17) is 23.5 Å². The van der Waals surface area contributed by atoms with Crippen LogP contribution in [0.4, 0.5) is 0 Å². The Morgan fingerprint density at radius 3 is 1.58 bits per heavy atom. The van der Waals surface area contributed by atoms with E-state index in [1.807, 2.05) is 12.2 Å². The second-order valence-corrected chi connectivity index (χ2v) is 16.7. The number of rotatable bonds is 39. The van der Waals surface area contributed by atoms with Gasteiger partial charge in [-0.3, -0.25) is 9.35 Å². The summed E-state index contributed by atoms with van der Waals surface area (Å²) in [6, 6.07) is 0. The van der Waals surface area contributed by atoms with E-state index < -0.39 is 59.8 Å². The van der Waals surface area contributed by atoms with E-state index in [1.54, 1.807) is 0 Å². The van der Waals surface area contributed by atoms with Gasteiger partial charge in [0.15, 0.2) is 6.29 Å². The number of hydrogen-bond acceptors (Lipinski definition) is 11. The SMILES string of the molecule is CC/C=C\C/C=C\C/C=C\C/C=C\C/C=C\CCOCC(COC1OC(CO)C(O)C(OS(=O)(=O)O)C1O)OC(=O)CCCCCCCCCCCCCCCCCCC. The van der Waals surface area contributed by atoms with Crippen molar-refractivity contribution >= 4 is 16.4 Å². The number of aliphatic hydroxyl groups is 3. The van der Waals surface area contributed by atoms with Gasteiger partial charge >= 0.3 is 16.4 Å². The summed E-state index contributed by atoms with van der Waals surface area (Å²) in [5.41, 5.74) is 0. The number of carbonyl (C=O) groups is 1. The van der Waals surface area contributed by atoms with Crippen molar-refractivity contribution in [2.24, 2.45) is 0 Å². The van der Waals surface area contributed by atoms with Gasteiger partial charge < -0.3 is 34.3 Å². The molecule has 1 heterocycles. The number of ether oxygens (including phenoxy) is 4. The summed E-state index contributed by atoms with van der Waals surface area (Å²) in [7, 11) is -5.07. The molecule has 60 heavy (non-hydrogen) atoms. The molecule has 13 heteroatoms. The number of hydrogen-bond donors (Lipinski definition) is 4. The van der Waals surface area contributed by atoms with E-state index in [0.717, 1.165) is 51.4 Å². The van der Waals surface area contributed by atoms with Crippen LogP contribution in [0.3, 0.4) is 0 Å². The highest BCUT2D eigenvalue weighted by Crippen LogP contribution is 2.26. The molecule has 0 amide bonds. The molecule has 0 aromatic carbocycles. The first-order valence-electron chi connectivity index (χ1n) is 23.0. The van der Waals surface area contributed by atoms with Crippen LogP contribution in [0.1, 0.15) is 168 Å². The van der Waals surface area contributed by atoms with Crippen molar-refractivity contribution < 1.29 is 56.2 Å². The smallest absolute Gasteiger partial charge is 0.397 e. The fraction of sp³-hybridized carbons (Fsp3) is 0.766. The summed E-state index contributed by atoms with van der Waals surface area (Å²) >= 11 is 0. The molecule has 0 aromatic heterocycles. The molecule has 1 rings (SSSR count). The fourth-order valence-corrected chi connectivity index (χ4v) is 7.25. The number of esters is 1. The third-order valence-electron chi connectivity index (χ3n) is 10.2. The fourth-order valence-electron chi connectivity index (χ4n) is 6.74. The Bertz CT molecular complexity index is 1280. The Morgan fingerprint density at radius 2 is 1.12 bits per heavy atom. The van der Waals surface area contributed by atoms with Gasteiger partial charge in [0.1, 0.15) is 30.5 Å². The van der Waals surface area contributed by atoms with Gasteiger partial charge in [-0.15, -0.1) is 0 Å². The third kappa shape index (κ3) is 31.6. The van der Waals surface area contributed by atoms with Crippen molar-refractivity contribution in [3.63, 3.8) is 0 Å². The maximum atomic E-state index is 12.8. The Kier molecular flexibility index (Phi) is 35.8. The minimum atomic E-state index is -5.07. The lowest BCUT2D eigenvalue weighted by Gasteiger charge is -2.41. The minimum absolute atomic E-state index is 0.0185. The molecule has 348 valence electrons. The van der Waals surface area contributed by atoms with Gasteiger partial charge in [-0.2, -0.15) is 8.42 Å². The number of aliphatic hydroxyl groups excluding tert-OH is 3. The summed E-state index contributed by atoms with van der Waals surface area (Å²) in [5.74, 6) is -0.424. The van der Waals surface area contributed by atoms with Gasteiger partial charge in [0, 0.05) is 6.42 Å². The van der Waals surface area contributed by atoms with Gasteiger partial charge in [0.05, 0.1) is 26.4 Å². The van der Waals surface area contributed by atoms with Crippen LogP contribution in [-0.2, 0) is 38.3 Å². The number of allylic oxidation sites excluding steroid dienone is 9. The van der Waals surface area contributed by atoms with E-state index in [2.05, 4.69) is 66.6 Å². The van der Waals surface area contributed by atoms with Crippen LogP contribution in [0.25, 0.3) is 0 Å². The van der Waals surface area contributed by atoms with Crippen LogP contribution < -0.4 is 0 Å². The molecule has 1 saturated heterocycles. The third-order valence-corrected chi connectivity index (χ3v) is 10.6. The molecule has 6 unspecified atom stereocenters. The van der Waals surface area contributed by atoms with Crippen LogP contribution in [-0.4, -0.2) is 97.5 Å². The summed E-state index contributed by atoms with van der Waals surface area (Å²) < 4.78 is 58.9. The Hall–Kier alpha value is -2.20. The molecule has 1 aliphatic heterocycles. The maximum Gasteiger partial charge on any atom is 0.397 e. The maximum absolute atomic E-state index is 12.8. The molecule has 0 saturated carbocycles. The zero-order valence-electron chi connectivity index (χ0n) is 37.0. The lowest BCUT2D eigenvalue weighted by Crippen LogP contribution is -2.60. The van der Waals surface area contributed by atoms with Gasteiger partial charge in [-0.1, -0.05) is 177 Å². The largest absolute Gasteiger partial charge is 0.457 e. The lowest BCUT2D eigenvalue weighted by atomic mass is 9.99. The average molecular weight is 871 g/mol. The Morgan fingerprint density at radius 1 is 0.650 bits per heavy atom. The molecule has 12 nitrogen and oxygen atoms in total. The lowest BCUT2D eigenvalue weighted by molar-refractivity contribution is -0.301. The number of unbranched alkanes of at least 4 members (excludes halogenated alkanes) is 16. The molecule has 0 aliphatic carbocycles. The van der Waals surface area contributed by atoms with Gasteiger partial charge in [-0.05, 0) is 44.9 Å². The monoisotopic (exact) mass is 871 g/mol. The van der Waals surface area contributed by atoms with Crippen molar-refractivity contribution in [2.45, 2.75) is 205 Å². The first-order valence-corrected chi connectivity index (χ1v) is 24.4. The van der Waals surface area contributed by atoms with Gasteiger partial charge in [0.2, 0.25) is 0 Å². The van der Waals surface area contributed by atoms with Crippen LogP contribution in [0, 0.1) is 0 Å².